The summed E-state index contributed by atoms with van der Waals surface area (Å²) in [7, 11) is 3.27. The molecule has 1 aromatic heterocycles. The topological polar surface area (TPSA) is 205 Å². The van der Waals surface area contributed by atoms with E-state index in [-0.39, 0.29) is 38.3 Å². The maximum Gasteiger partial charge on any atom is 0.258 e. The van der Waals surface area contributed by atoms with Crippen molar-refractivity contribution in [2.45, 2.75) is 93.9 Å². The standard InChI is InChI=1S/C47H60ClFN10O6S/c1-46(2,39(55-44(64)47(49)15-16-47)43(63)59-27-34(60)22-37(59)41(61)52-24-30-7-5-29(23-50)6-8-30)66-28-32-11-9-31(10-12-32)26-57-17-19-58(20-18-57)42(62)33-13-14-36(38(21-33)65-4)54-45-53-25-35(48)40(51-3)56-45/h5-8,13-14,21,25,31-32,34,37,39,60H,9-12,15-20,22,24,26-28H2,1-4H3,(H,52,61)(H,55,64)(H2,51,53,54,56)/t31-,32-,34-,37?,39-/m1/s1. The Balaban J connectivity index is 0.883. The number of likely N-dealkylation sites (tertiary alicyclic amines) is 1. The van der Waals surface area contributed by atoms with E-state index in [2.05, 4.69) is 42.2 Å². The lowest BCUT2D eigenvalue weighted by Gasteiger charge is -2.40. The van der Waals surface area contributed by atoms with Crippen LogP contribution in [0.2, 0.25) is 5.02 Å². The molecule has 19 heteroatoms. The number of piperazine rings is 1. The van der Waals surface area contributed by atoms with Crippen LogP contribution < -0.4 is 26.0 Å². The number of nitriles is 1. The van der Waals surface area contributed by atoms with Gasteiger partial charge in [0.1, 0.15) is 28.7 Å². The first kappa shape index (κ1) is 48.7. The van der Waals surface area contributed by atoms with E-state index in [1.807, 2.05) is 18.7 Å². The van der Waals surface area contributed by atoms with Gasteiger partial charge in [0.05, 0.1) is 36.7 Å². The lowest BCUT2D eigenvalue weighted by atomic mass is 9.82. The van der Waals surface area contributed by atoms with Crippen molar-refractivity contribution in [2.75, 3.05) is 69.8 Å². The molecule has 0 spiro atoms. The maximum atomic E-state index is 15.1. The molecule has 66 heavy (non-hydrogen) atoms. The summed E-state index contributed by atoms with van der Waals surface area (Å²) in [6.45, 7) is 7.59. The number of aliphatic hydroxyl groups excluding tert-OH is 1. The number of thioether (sulfide) groups is 1. The first-order valence-corrected chi connectivity index (χ1v) is 24.0. The summed E-state index contributed by atoms with van der Waals surface area (Å²) in [6.07, 6.45) is 4.92. The fourth-order valence-electron chi connectivity index (χ4n) is 8.93. The van der Waals surface area contributed by atoms with E-state index in [4.69, 9.17) is 21.6 Å². The predicted molar refractivity (Wildman–Crippen MR) is 251 cm³/mol. The molecule has 1 unspecified atom stereocenters. The molecule has 3 aromatic rings. The number of alkyl halides is 1. The third-order valence-electron chi connectivity index (χ3n) is 13.2. The number of β-amino-alcohol motifs (C(OH)–C–C–N with tert-alkyl or cyclic N) is 1. The molecule has 0 radical (unpaired) electrons. The average Bonchev–Trinajstić information content (AvgIpc) is 3.97. The second-order valence-electron chi connectivity index (χ2n) is 18.4. The molecule has 16 nitrogen and oxygen atoms in total. The lowest BCUT2D eigenvalue weighted by Crippen LogP contribution is -2.61. The van der Waals surface area contributed by atoms with Gasteiger partial charge in [0.15, 0.2) is 5.67 Å². The second kappa shape index (κ2) is 21.2. The Morgan fingerprint density at radius 2 is 1.76 bits per heavy atom. The molecule has 2 aliphatic carbocycles. The molecule has 3 heterocycles. The van der Waals surface area contributed by atoms with E-state index in [1.54, 1.807) is 68.4 Å². The zero-order valence-electron chi connectivity index (χ0n) is 37.9. The molecule has 2 aliphatic heterocycles. The van der Waals surface area contributed by atoms with Crippen LogP contribution in [-0.2, 0) is 20.9 Å². The van der Waals surface area contributed by atoms with Gasteiger partial charge in [-0.1, -0.05) is 23.7 Å². The van der Waals surface area contributed by atoms with Crippen molar-refractivity contribution < 1.29 is 33.4 Å². The third kappa shape index (κ3) is 11.8. The van der Waals surface area contributed by atoms with Crippen molar-refractivity contribution in [3.05, 3.63) is 70.4 Å². The fraction of sp³-hybridized carbons (Fsp3) is 0.553. The van der Waals surface area contributed by atoms with Crippen LogP contribution in [0.5, 0.6) is 5.75 Å². The van der Waals surface area contributed by atoms with Crippen LogP contribution >= 0.6 is 23.4 Å². The predicted octanol–water partition coefficient (Wildman–Crippen LogP) is 5.14. The molecule has 4 fully saturated rings. The van der Waals surface area contributed by atoms with Crippen molar-refractivity contribution in [1.82, 2.24) is 35.3 Å². The zero-order valence-corrected chi connectivity index (χ0v) is 39.5. The minimum Gasteiger partial charge on any atom is -0.495 e. The summed E-state index contributed by atoms with van der Waals surface area (Å²) in [5, 5.41) is 31.8. The number of benzene rings is 2. The van der Waals surface area contributed by atoms with Gasteiger partial charge in [0.25, 0.3) is 11.8 Å². The summed E-state index contributed by atoms with van der Waals surface area (Å²) in [4.78, 5) is 68.9. The first-order chi connectivity index (χ1) is 31.6. The minimum atomic E-state index is -2.01. The molecule has 5 N–H and O–H groups in total. The van der Waals surface area contributed by atoms with Crippen LogP contribution in [0.25, 0.3) is 0 Å². The van der Waals surface area contributed by atoms with Crippen LogP contribution in [0, 0.1) is 23.2 Å². The van der Waals surface area contributed by atoms with Gasteiger partial charge in [-0.2, -0.15) is 22.0 Å². The summed E-state index contributed by atoms with van der Waals surface area (Å²) < 4.78 is 19.8. The van der Waals surface area contributed by atoms with Crippen molar-refractivity contribution in [3.63, 3.8) is 0 Å². The Bertz CT molecular complexity index is 2280. The van der Waals surface area contributed by atoms with Crippen LogP contribution in [0.3, 0.4) is 0 Å². The number of methoxy groups -OCH3 is 1. The number of hydrogen-bond acceptors (Lipinski definition) is 13. The molecular weight excluding hydrogens is 887 g/mol. The Hall–Kier alpha value is -5.22. The number of amides is 4. The van der Waals surface area contributed by atoms with Gasteiger partial charge in [0.2, 0.25) is 17.8 Å². The quantitative estimate of drug-likeness (QED) is 0.119. The Morgan fingerprint density at radius 1 is 1.06 bits per heavy atom. The highest BCUT2D eigenvalue weighted by molar-refractivity contribution is 8.00. The molecule has 2 saturated heterocycles. The summed E-state index contributed by atoms with van der Waals surface area (Å²) >= 11 is 7.70. The number of nitrogens with zero attached hydrogens (tertiary/aromatic N) is 6. The molecular formula is C47H60ClFN10O6S. The normalized spacial score (nSPS) is 22.2. The molecule has 4 aliphatic rings. The van der Waals surface area contributed by atoms with E-state index in [0.717, 1.165) is 56.6 Å². The maximum absolute atomic E-state index is 15.1. The van der Waals surface area contributed by atoms with Gasteiger partial charge in [0, 0.05) is 69.6 Å². The second-order valence-corrected chi connectivity index (χ2v) is 20.4. The smallest absolute Gasteiger partial charge is 0.258 e. The average molecular weight is 948 g/mol. The molecule has 0 bridgehead atoms. The number of aromatic nitrogens is 2. The van der Waals surface area contributed by atoms with Crippen molar-refractivity contribution in [1.29, 1.82) is 5.26 Å². The number of rotatable bonds is 17. The number of ether oxygens (including phenoxy) is 1. The first-order valence-electron chi connectivity index (χ1n) is 22.7. The summed E-state index contributed by atoms with van der Waals surface area (Å²) in [5.41, 5.74) is 0.402. The fourth-order valence-corrected chi connectivity index (χ4v) is 10.4. The third-order valence-corrected chi connectivity index (χ3v) is 15.1. The monoisotopic (exact) mass is 946 g/mol. The van der Waals surface area contributed by atoms with Crippen molar-refractivity contribution in [2.24, 2.45) is 11.8 Å². The number of anilines is 3. The molecule has 2 saturated carbocycles. The van der Waals surface area contributed by atoms with Crippen LogP contribution in [0.15, 0.2) is 48.7 Å². The van der Waals surface area contributed by atoms with E-state index in [0.29, 0.717) is 64.3 Å². The van der Waals surface area contributed by atoms with E-state index in [1.165, 1.54) is 11.1 Å². The highest BCUT2D eigenvalue weighted by Gasteiger charge is 2.54. The Kier molecular flexibility index (Phi) is 15.6. The van der Waals surface area contributed by atoms with Crippen LogP contribution in [0.4, 0.5) is 21.8 Å². The van der Waals surface area contributed by atoms with Crippen molar-refractivity contribution in [3.8, 4) is 11.8 Å². The largest absolute Gasteiger partial charge is 0.495 e. The number of halogens is 2. The van der Waals surface area contributed by atoms with Crippen molar-refractivity contribution >= 4 is 64.4 Å². The molecule has 3 atom stereocenters. The van der Waals surface area contributed by atoms with Crippen LogP contribution in [0.1, 0.15) is 80.3 Å². The molecule has 4 amide bonds. The van der Waals surface area contributed by atoms with Gasteiger partial charge < -0.3 is 40.9 Å². The number of nitrogens with one attached hydrogen (secondary N) is 4. The number of carbonyl (C=O) groups excluding carboxylic acids is 4. The van der Waals surface area contributed by atoms with Gasteiger partial charge in [-0.25, -0.2) is 9.37 Å². The summed E-state index contributed by atoms with van der Waals surface area (Å²) in [6, 6.07) is 12.0. The SMILES string of the molecule is CNc1nc(Nc2ccc(C(=O)N3CCN(C[C@H]4CC[C@H](CSC(C)(C)[C@H](NC(=O)C5(F)CC5)C(=O)N5C[C@H](O)CC5C(=O)NCc5ccc(C#N)cc5)CC4)CC3)cc2OC)ncc1Cl. The molecule has 7 rings (SSSR count). The Morgan fingerprint density at radius 3 is 2.41 bits per heavy atom. The Labute approximate surface area is 394 Å². The molecule has 2 aromatic carbocycles. The van der Waals surface area contributed by atoms with Gasteiger partial charge >= 0.3 is 0 Å². The minimum absolute atomic E-state index is 0.0354. The van der Waals surface area contributed by atoms with E-state index in [9.17, 15) is 24.3 Å². The van der Waals surface area contributed by atoms with Gasteiger partial charge in [-0.3, -0.25) is 24.1 Å². The summed E-state index contributed by atoms with van der Waals surface area (Å²) in [5.74, 6) is 1.11. The van der Waals surface area contributed by atoms with Gasteiger partial charge in [-0.15, -0.1) is 0 Å². The number of hydrogen-bond donors (Lipinski definition) is 5. The van der Waals surface area contributed by atoms with Gasteiger partial charge in [-0.05, 0) is 106 Å². The zero-order chi connectivity index (χ0) is 47.2. The number of carbonyl (C=O) groups is 4. The van der Waals surface area contributed by atoms with E-state index < -0.39 is 46.3 Å². The molecule has 354 valence electrons. The van der Waals surface area contributed by atoms with E-state index >= 15 is 4.39 Å². The highest BCUT2D eigenvalue weighted by Crippen LogP contribution is 2.42. The lowest BCUT2D eigenvalue weighted by molar-refractivity contribution is -0.143. The van der Waals surface area contributed by atoms with Crippen LogP contribution in [-0.4, -0.2) is 141 Å². The number of aliphatic hydroxyl groups is 1. The highest BCUT2D eigenvalue weighted by atomic mass is 35.5.